The molecule has 28 heavy (non-hydrogen) atoms. The highest BCUT2D eigenvalue weighted by atomic mass is 127. The normalized spacial score (nSPS) is 20.4. The molecule has 0 aliphatic heterocycles. The Kier molecular flexibility index (Phi) is 14.6. The number of hydrogen-bond acceptors (Lipinski definition) is 3. The van der Waals surface area contributed by atoms with Crippen LogP contribution in [-0.4, -0.2) is 52.5 Å². The fraction of sp³-hybridized carbons (Fsp3) is 0.955. The maximum Gasteiger partial charge on any atom is 0.190 e. The zero-order valence-electron chi connectivity index (χ0n) is 18.3. The molecule has 0 amide bonds. The monoisotopic (exact) mass is 509 g/mol. The summed E-state index contributed by atoms with van der Waals surface area (Å²) in [5, 5.41) is 7.03. The van der Waals surface area contributed by atoms with Crippen LogP contribution in [0.3, 0.4) is 0 Å². The maximum absolute atomic E-state index is 6.08. The molecular formula is C22H44IN3O2. The SMILES string of the molecule is CN=C(NCCCCOC1CCCCCC1)NCC1(CCOC)CCCC1.I. The summed E-state index contributed by atoms with van der Waals surface area (Å²) >= 11 is 0. The van der Waals surface area contributed by atoms with Crippen molar-refractivity contribution in [3.8, 4) is 0 Å². The molecule has 0 aromatic rings. The molecule has 0 unspecified atom stereocenters. The van der Waals surface area contributed by atoms with Gasteiger partial charge in [0.05, 0.1) is 6.10 Å². The fourth-order valence-electron chi connectivity index (χ4n) is 4.54. The lowest BCUT2D eigenvalue weighted by atomic mass is 9.83. The fourth-order valence-corrected chi connectivity index (χ4v) is 4.54. The van der Waals surface area contributed by atoms with Crippen molar-refractivity contribution in [1.29, 1.82) is 0 Å². The van der Waals surface area contributed by atoms with Gasteiger partial charge in [0.15, 0.2) is 5.96 Å². The first kappa shape index (κ1) is 26.0. The van der Waals surface area contributed by atoms with Crippen molar-refractivity contribution in [2.24, 2.45) is 10.4 Å². The molecule has 0 spiro atoms. The number of methoxy groups -OCH3 is 1. The number of unbranched alkanes of at least 4 members (excludes halogenated alkanes) is 1. The Hall–Kier alpha value is -0.0800. The van der Waals surface area contributed by atoms with E-state index in [9.17, 15) is 0 Å². The van der Waals surface area contributed by atoms with Gasteiger partial charge in [0, 0.05) is 40.5 Å². The Morgan fingerprint density at radius 1 is 0.964 bits per heavy atom. The summed E-state index contributed by atoms with van der Waals surface area (Å²) in [6.45, 7) is 3.72. The third-order valence-corrected chi connectivity index (χ3v) is 6.37. The van der Waals surface area contributed by atoms with Crippen molar-refractivity contribution in [1.82, 2.24) is 10.6 Å². The minimum Gasteiger partial charge on any atom is -0.385 e. The molecule has 0 saturated heterocycles. The van der Waals surface area contributed by atoms with E-state index in [1.165, 1.54) is 64.2 Å². The summed E-state index contributed by atoms with van der Waals surface area (Å²) in [6.07, 6.45) is 17.2. The molecule has 2 aliphatic rings. The van der Waals surface area contributed by atoms with E-state index in [0.717, 1.165) is 51.5 Å². The Labute approximate surface area is 190 Å². The van der Waals surface area contributed by atoms with Crippen LogP contribution in [0.1, 0.15) is 83.5 Å². The largest absolute Gasteiger partial charge is 0.385 e. The Morgan fingerprint density at radius 2 is 1.68 bits per heavy atom. The number of hydrogen-bond donors (Lipinski definition) is 2. The lowest BCUT2D eigenvalue weighted by Gasteiger charge is -2.30. The average Bonchev–Trinajstić information content (AvgIpc) is 3.00. The Bertz CT molecular complexity index is 407. The van der Waals surface area contributed by atoms with Crippen molar-refractivity contribution >= 4 is 29.9 Å². The van der Waals surface area contributed by atoms with Crippen LogP contribution in [-0.2, 0) is 9.47 Å². The van der Waals surface area contributed by atoms with Crippen molar-refractivity contribution < 1.29 is 9.47 Å². The minimum atomic E-state index is 0. The molecule has 2 rings (SSSR count). The summed E-state index contributed by atoms with van der Waals surface area (Å²) in [6, 6.07) is 0. The smallest absolute Gasteiger partial charge is 0.190 e. The van der Waals surface area contributed by atoms with E-state index in [0.29, 0.717) is 11.5 Å². The highest BCUT2D eigenvalue weighted by Crippen LogP contribution is 2.40. The molecular weight excluding hydrogens is 465 g/mol. The van der Waals surface area contributed by atoms with Gasteiger partial charge in [0.25, 0.3) is 0 Å². The molecule has 2 fully saturated rings. The summed E-state index contributed by atoms with van der Waals surface area (Å²) < 4.78 is 11.4. The van der Waals surface area contributed by atoms with Gasteiger partial charge >= 0.3 is 0 Å². The number of ether oxygens (including phenoxy) is 2. The Morgan fingerprint density at radius 3 is 2.32 bits per heavy atom. The van der Waals surface area contributed by atoms with Crippen LogP contribution in [0.5, 0.6) is 0 Å². The van der Waals surface area contributed by atoms with Gasteiger partial charge in [-0.15, -0.1) is 24.0 Å². The number of rotatable bonds is 11. The lowest BCUT2D eigenvalue weighted by Crippen LogP contribution is -2.43. The summed E-state index contributed by atoms with van der Waals surface area (Å²) in [7, 11) is 3.66. The third-order valence-electron chi connectivity index (χ3n) is 6.37. The summed E-state index contributed by atoms with van der Waals surface area (Å²) in [4.78, 5) is 4.39. The van der Waals surface area contributed by atoms with E-state index in [4.69, 9.17) is 9.47 Å². The zero-order valence-corrected chi connectivity index (χ0v) is 20.6. The van der Waals surface area contributed by atoms with Gasteiger partial charge < -0.3 is 20.1 Å². The second kappa shape index (κ2) is 15.7. The molecule has 5 nitrogen and oxygen atoms in total. The van der Waals surface area contributed by atoms with Crippen molar-refractivity contribution in [3.63, 3.8) is 0 Å². The van der Waals surface area contributed by atoms with Crippen molar-refractivity contribution in [2.45, 2.75) is 89.6 Å². The standard InChI is InChI=1S/C22H43N3O2.HI/c1-23-21(25-19-22(15-18-26-2)13-7-8-14-22)24-16-9-10-17-27-20-11-5-3-4-6-12-20;/h20H,3-19H2,1-2H3,(H2,23,24,25);1H. The van der Waals surface area contributed by atoms with Crippen LogP contribution in [0.2, 0.25) is 0 Å². The maximum atomic E-state index is 6.08. The van der Waals surface area contributed by atoms with Gasteiger partial charge in [-0.3, -0.25) is 4.99 Å². The van der Waals surface area contributed by atoms with Crippen LogP contribution in [0.25, 0.3) is 0 Å². The second-order valence-corrected chi connectivity index (χ2v) is 8.49. The van der Waals surface area contributed by atoms with Crippen LogP contribution in [0, 0.1) is 5.41 Å². The molecule has 0 atom stereocenters. The first-order chi connectivity index (χ1) is 13.3. The molecule has 166 valence electrons. The molecule has 2 N–H and O–H groups in total. The van der Waals surface area contributed by atoms with Gasteiger partial charge in [-0.05, 0) is 50.4 Å². The first-order valence-electron chi connectivity index (χ1n) is 11.3. The minimum absolute atomic E-state index is 0. The summed E-state index contributed by atoms with van der Waals surface area (Å²) in [5.74, 6) is 0.934. The molecule has 0 aromatic heterocycles. The van der Waals surface area contributed by atoms with Crippen molar-refractivity contribution in [3.05, 3.63) is 0 Å². The van der Waals surface area contributed by atoms with Gasteiger partial charge in [-0.25, -0.2) is 0 Å². The number of halogens is 1. The van der Waals surface area contributed by atoms with Gasteiger partial charge in [0.2, 0.25) is 0 Å². The molecule has 0 heterocycles. The van der Waals surface area contributed by atoms with Crippen molar-refractivity contribution in [2.75, 3.05) is 40.5 Å². The molecule has 6 heteroatoms. The van der Waals surface area contributed by atoms with Crippen LogP contribution in [0.4, 0.5) is 0 Å². The van der Waals surface area contributed by atoms with E-state index in [1.807, 2.05) is 7.05 Å². The van der Waals surface area contributed by atoms with Crippen LogP contribution in [0.15, 0.2) is 4.99 Å². The van der Waals surface area contributed by atoms with Gasteiger partial charge in [-0.1, -0.05) is 38.5 Å². The molecule has 2 aliphatic carbocycles. The van der Waals surface area contributed by atoms with Crippen LogP contribution < -0.4 is 10.6 Å². The molecule has 2 saturated carbocycles. The predicted octanol–water partition coefficient (Wildman–Crippen LogP) is 4.89. The molecule has 0 aromatic carbocycles. The quantitative estimate of drug-likeness (QED) is 0.137. The summed E-state index contributed by atoms with van der Waals surface area (Å²) in [5.41, 5.74) is 0.389. The first-order valence-corrected chi connectivity index (χ1v) is 11.3. The predicted molar refractivity (Wildman–Crippen MR) is 129 cm³/mol. The lowest BCUT2D eigenvalue weighted by molar-refractivity contribution is 0.0411. The number of nitrogens with one attached hydrogen (secondary N) is 2. The van der Waals surface area contributed by atoms with E-state index in [2.05, 4.69) is 15.6 Å². The average molecular weight is 510 g/mol. The van der Waals surface area contributed by atoms with E-state index in [1.54, 1.807) is 7.11 Å². The van der Waals surface area contributed by atoms with E-state index >= 15 is 0 Å². The molecule has 0 bridgehead atoms. The van der Waals surface area contributed by atoms with Crippen LogP contribution >= 0.6 is 24.0 Å². The number of nitrogens with zero attached hydrogens (tertiary/aromatic N) is 1. The van der Waals surface area contributed by atoms with E-state index in [-0.39, 0.29) is 24.0 Å². The number of guanidine groups is 1. The number of aliphatic imine (C=N–C) groups is 1. The highest BCUT2D eigenvalue weighted by molar-refractivity contribution is 14.0. The highest BCUT2D eigenvalue weighted by Gasteiger charge is 2.33. The van der Waals surface area contributed by atoms with Gasteiger partial charge in [0.1, 0.15) is 0 Å². The second-order valence-electron chi connectivity index (χ2n) is 8.49. The zero-order chi connectivity index (χ0) is 19.2. The topological polar surface area (TPSA) is 54.9 Å². The van der Waals surface area contributed by atoms with Gasteiger partial charge in [-0.2, -0.15) is 0 Å². The van der Waals surface area contributed by atoms with E-state index < -0.39 is 0 Å². The molecule has 0 radical (unpaired) electrons. The Balaban J connectivity index is 0.00000392. The third kappa shape index (κ3) is 10.1.